The van der Waals surface area contributed by atoms with Gasteiger partial charge in [-0.2, -0.15) is 5.26 Å². The van der Waals surface area contributed by atoms with E-state index in [0.29, 0.717) is 11.3 Å². The molecule has 1 aromatic heterocycles. The minimum atomic E-state index is -0.434. The van der Waals surface area contributed by atoms with E-state index in [1.54, 1.807) is 6.07 Å². The largest absolute Gasteiger partial charge is 0.388 e. The van der Waals surface area contributed by atoms with Crippen molar-refractivity contribution in [1.29, 1.82) is 5.26 Å². The number of rotatable bonds is 1. The molecule has 0 radical (unpaired) electrons. The second kappa shape index (κ2) is 4.52. The maximum Gasteiger partial charge on any atom is 0.124 e. The number of aliphatic hydroxyl groups excluding tert-OH is 1. The summed E-state index contributed by atoms with van der Waals surface area (Å²) in [5.41, 5.74) is 2.90. The molecule has 0 amide bonds. The number of benzene rings is 1. The van der Waals surface area contributed by atoms with Crippen molar-refractivity contribution in [2.45, 2.75) is 25.4 Å². The van der Waals surface area contributed by atoms with Crippen LogP contribution in [0.25, 0.3) is 5.69 Å². The van der Waals surface area contributed by atoms with Crippen LogP contribution < -0.4 is 0 Å². The minimum absolute atomic E-state index is 0.304. The molecule has 1 aromatic carbocycles. The Morgan fingerprint density at radius 3 is 3.00 bits per heavy atom. The topological polar surface area (TPSA) is 49.0 Å². The normalized spacial score (nSPS) is 17.8. The van der Waals surface area contributed by atoms with Crippen LogP contribution >= 0.6 is 0 Å². The fraction of sp³-hybridized carbons (Fsp3) is 0.267. The number of halogens is 1. The van der Waals surface area contributed by atoms with E-state index in [4.69, 9.17) is 5.26 Å². The van der Waals surface area contributed by atoms with E-state index in [9.17, 15) is 9.50 Å². The van der Waals surface area contributed by atoms with Gasteiger partial charge in [-0.3, -0.25) is 0 Å². The smallest absolute Gasteiger partial charge is 0.124 e. The fourth-order valence-corrected chi connectivity index (χ4v) is 2.70. The van der Waals surface area contributed by atoms with Gasteiger partial charge in [0.2, 0.25) is 0 Å². The third-order valence-electron chi connectivity index (χ3n) is 3.62. The van der Waals surface area contributed by atoms with Crippen molar-refractivity contribution in [2.75, 3.05) is 0 Å². The lowest BCUT2D eigenvalue weighted by Crippen LogP contribution is -2.11. The molecule has 0 spiro atoms. The summed E-state index contributed by atoms with van der Waals surface area (Å²) >= 11 is 0. The van der Waals surface area contributed by atoms with Gasteiger partial charge >= 0.3 is 0 Å². The van der Waals surface area contributed by atoms with Crippen molar-refractivity contribution in [2.24, 2.45) is 0 Å². The van der Waals surface area contributed by atoms with Crippen molar-refractivity contribution in [1.82, 2.24) is 4.57 Å². The van der Waals surface area contributed by atoms with Crippen LogP contribution in [-0.2, 0) is 6.42 Å². The number of aromatic nitrogens is 1. The Bertz CT molecular complexity index is 669. The maximum absolute atomic E-state index is 13.2. The molecule has 1 heterocycles. The van der Waals surface area contributed by atoms with Crippen LogP contribution in [0.15, 0.2) is 30.5 Å². The summed E-state index contributed by atoms with van der Waals surface area (Å²) in [5.74, 6) is -0.415. The van der Waals surface area contributed by atoms with Gasteiger partial charge in [-0.15, -0.1) is 0 Å². The molecule has 3 rings (SSSR count). The molecule has 0 aliphatic heterocycles. The van der Waals surface area contributed by atoms with Crippen LogP contribution in [0.4, 0.5) is 4.39 Å². The van der Waals surface area contributed by atoms with Gasteiger partial charge in [-0.25, -0.2) is 4.39 Å². The molecule has 19 heavy (non-hydrogen) atoms. The van der Waals surface area contributed by atoms with Gasteiger partial charge in [0.05, 0.1) is 17.4 Å². The number of hydrogen-bond acceptors (Lipinski definition) is 2. The zero-order valence-corrected chi connectivity index (χ0v) is 10.3. The van der Waals surface area contributed by atoms with Gasteiger partial charge in [0.15, 0.2) is 0 Å². The maximum atomic E-state index is 13.2. The molecule has 1 atom stereocenters. The Labute approximate surface area is 110 Å². The summed E-state index contributed by atoms with van der Waals surface area (Å²) in [6, 6.07) is 8.09. The lowest BCUT2D eigenvalue weighted by molar-refractivity contribution is 0.156. The highest BCUT2D eigenvalue weighted by atomic mass is 19.1. The third kappa shape index (κ3) is 1.92. The van der Waals surface area contributed by atoms with Crippen molar-refractivity contribution in [3.05, 3.63) is 53.1 Å². The monoisotopic (exact) mass is 256 g/mol. The average Bonchev–Trinajstić information content (AvgIpc) is 2.84. The second-order valence-electron chi connectivity index (χ2n) is 4.77. The lowest BCUT2D eigenvalue weighted by Gasteiger charge is -2.20. The molecule has 1 aliphatic carbocycles. The van der Waals surface area contributed by atoms with E-state index >= 15 is 0 Å². The molecule has 0 saturated carbocycles. The van der Waals surface area contributed by atoms with Gasteiger partial charge < -0.3 is 9.67 Å². The first kappa shape index (κ1) is 11.9. The first-order valence-corrected chi connectivity index (χ1v) is 6.29. The second-order valence-corrected chi connectivity index (χ2v) is 4.77. The summed E-state index contributed by atoms with van der Waals surface area (Å²) in [6.45, 7) is 0. The van der Waals surface area contributed by atoms with Gasteiger partial charge in [0.25, 0.3) is 0 Å². The number of nitriles is 1. The lowest BCUT2D eigenvalue weighted by atomic mass is 9.95. The number of hydrogen-bond donors (Lipinski definition) is 1. The minimum Gasteiger partial charge on any atom is -0.388 e. The third-order valence-corrected chi connectivity index (χ3v) is 3.62. The highest BCUT2D eigenvalue weighted by molar-refractivity contribution is 5.51. The molecular formula is C15H13FN2O. The standard InChI is InChI=1S/C15H13FN2O/c16-11-4-5-13(10(8-11)9-17)18-7-6-12-14(18)2-1-3-15(12)19/h4-8,15,19H,1-3H2. The van der Waals surface area contributed by atoms with E-state index in [1.165, 1.54) is 12.1 Å². The van der Waals surface area contributed by atoms with E-state index in [2.05, 4.69) is 0 Å². The number of nitrogens with zero attached hydrogens (tertiary/aromatic N) is 2. The first-order chi connectivity index (χ1) is 9.20. The molecule has 0 bridgehead atoms. The van der Waals surface area contributed by atoms with Gasteiger partial charge in [0, 0.05) is 17.5 Å². The van der Waals surface area contributed by atoms with Crippen molar-refractivity contribution >= 4 is 0 Å². The Hall–Kier alpha value is -2.12. The molecule has 2 aromatic rings. The molecular weight excluding hydrogens is 243 g/mol. The average molecular weight is 256 g/mol. The van der Waals surface area contributed by atoms with Crippen molar-refractivity contribution in [3.8, 4) is 11.8 Å². The van der Waals surface area contributed by atoms with Gasteiger partial charge in [0.1, 0.15) is 11.9 Å². The Morgan fingerprint density at radius 1 is 1.37 bits per heavy atom. The molecule has 0 fully saturated rings. The van der Waals surface area contributed by atoms with Crippen LogP contribution in [0.1, 0.15) is 35.8 Å². The summed E-state index contributed by atoms with van der Waals surface area (Å²) in [6.07, 6.45) is 3.96. The SMILES string of the molecule is N#Cc1cc(F)ccc1-n1ccc2c1CCCC2O. The molecule has 1 unspecified atom stereocenters. The molecule has 1 aliphatic rings. The van der Waals surface area contributed by atoms with Gasteiger partial charge in [-0.05, 0) is 43.5 Å². The highest BCUT2D eigenvalue weighted by Crippen LogP contribution is 2.32. The van der Waals surface area contributed by atoms with Crippen LogP contribution in [0.2, 0.25) is 0 Å². The molecule has 3 nitrogen and oxygen atoms in total. The molecule has 0 saturated heterocycles. The predicted octanol–water partition coefficient (Wildman–Crippen LogP) is 2.86. The Kier molecular flexibility index (Phi) is 2.84. The fourth-order valence-electron chi connectivity index (χ4n) is 2.70. The zero-order chi connectivity index (χ0) is 13.4. The number of aliphatic hydroxyl groups is 1. The zero-order valence-electron chi connectivity index (χ0n) is 10.3. The summed E-state index contributed by atoms with van der Waals surface area (Å²) < 4.78 is 15.1. The van der Waals surface area contributed by atoms with E-state index < -0.39 is 11.9 Å². The van der Waals surface area contributed by atoms with Crippen molar-refractivity contribution < 1.29 is 9.50 Å². The van der Waals surface area contributed by atoms with E-state index in [0.717, 1.165) is 30.5 Å². The number of fused-ring (bicyclic) bond motifs is 1. The Balaban J connectivity index is 2.16. The summed E-state index contributed by atoms with van der Waals surface area (Å²) in [7, 11) is 0. The predicted molar refractivity (Wildman–Crippen MR) is 68.3 cm³/mol. The van der Waals surface area contributed by atoms with Crippen LogP contribution in [0.5, 0.6) is 0 Å². The van der Waals surface area contributed by atoms with Crippen LogP contribution in [0, 0.1) is 17.1 Å². The highest BCUT2D eigenvalue weighted by Gasteiger charge is 2.22. The van der Waals surface area contributed by atoms with Gasteiger partial charge in [-0.1, -0.05) is 0 Å². The first-order valence-electron chi connectivity index (χ1n) is 6.29. The Morgan fingerprint density at radius 2 is 2.21 bits per heavy atom. The van der Waals surface area contributed by atoms with Crippen LogP contribution in [0.3, 0.4) is 0 Å². The molecule has 96 valence electrons. The van der Waals surface area contributed by atoms with E-state index in [1.807, 2.05) is 22.9 Å². The van der Waals surface area contributed by atoms with Crippen LogP contribution in [-0.4, -0.2) is 9.67 Å². The summed E-state index contributed by atoms with van der Waals surface area (Å²) in [4.78, 5) is 0. The molecule has 4 heteroatoms. The van der Waals surface area contributed by atoms with Crippen molar-refractivity contribution in [3.63, 3.8) is 0 Å². The molecule has 1 N–H and O–H groups in total. The van der Waals surface area contributed by atoms with E-state index in [-0.39, 0.29) is 0 Å². The summed E-state index contributed by atoms with van der Waals surface area (Å²) in [5, 5.41) is 19.1. The quantitative estimate of drug-likeness (QED) is 0.852.